The molecule has 1 saturated heterocycles. The van der Waals surface area contributed by atoms with Crippen molar-refractivity contribution in [1.82, 2.24) is 14.9 Å². The van der Waals surface area contributed by atoms with E-state index >= 15 is 0 Å². The van der Waals surface area contributed by atoms with Crippen LogP contribution in [-0.4, -0.2) is 47.1 Å². The average Bonchev–Trinajstić information content (AvgIpc) is 3.55. The van der Waals surface area contributed by atoms with E-state index in [1.165, 1.54) is 28.4 Å². The molecule has 0 radical (unpaired) electrons. The number of hydrogen-bond acceptors (Lipinski definition) is 5. The molecule has 29 heavy (non-hydrogen) atoms. The van der Waals surface area contributed by atoms with Crippen LogP contribution in [0.5, 0.6) is 0 Å². The molecule has 0 atom stereocenters. The van der Waals surface area contributed by atoms with E-state index in [0.717, 1.165) is 55.4 Å². The summed E-state index contributed by atoms with van der Waals surface area (Å²) < 4.78 is 1.18. The van der Waals surface area contributed by atoms with E-state index in [4.69, 9.17) is 9.97 Å². The summed E-state index contributed by atoms with van der Waals surface area (Å²) in [5.41, 5.74) is 4.60. The summed E-state index contributed by atoms with van der Waals surface area (Å²) in [6.07, 6.45) is 2.46. The highest BCUT2D eigenvalue weighted by atomic mass is 79.9. The third-order valence-corrected chi connectivity index (χ3v) is 6.66. The Morgan fingerprint density at radius 3 is 2.41 bits per heavy atom. The minimum Gasteiger partial charge on any atom is -0.364 e. The standard InChI is InChI=1S/C23H26BrN5/c1-16-14-17(6-9-19(16)24)15-28-10-12-29(13-11-28)23-22(25-18-7-8-18)26-20-4-2-3-5-21(20)27-23/h2-6,9,14,18H,7-8,10-13,15H2,1H3,(H,25,26). The molecule has 6 heteroatoms. The first-order valence-corrected chi connectivity index (χ1v) is 11.2. The van der Waals surface area contributed by atoms with Crippen molar-refractivity contribution >= 4 is 38.6 Å². The molecule has 2 heterocycles. The first-order valence-electron chi connectivity index (χ1n) is 10.4. The molecule has 5 nitrogen and oxygen atoms in total. The second-order valence-corrected chi connectivity index (χ2v) is 9.00. The van der Waals surface area contributed by atoms with Gasteiger partial charge in [-0.25, -0.2) is 9.97 Å². The number of halogens is 1. The number of rotatable bonds is 5. The first-order chi connectivity index (χ1) is 14.2. The van der Waals surface area contributed by atoms with Crippen molar-refractivity contribution in [2.75, 3.05) is 36.4 Å². The Morgan fingerprint density at radius 1 is 1.00 bits per heavy atom. The fraction of sp³-hybridized carbons (Fsp3) is 0.391. The van der Waals surface area contributed by atoms with Gasteiger partial charge in [-0.3, -0.25) is 4.90 Å². The molecule has 1 N–H and O–H groups in total. The number of aromatic nitrogens is 2. The van der Waals surface area contributed by atoms with E-state index in [9.17, 15) is 0 Å². The second kappa shape index (κ2) is 7.92. The molecular formula is C23H26BrN5. The Morgan fingerprint density at radius 2 is 1.72 bits per heavy atom. The summed E-state index contributed by atoms with van der Waals surface area (Å²) in [5, 5.41) is 3.60. The molecule has 2 fully saturated rings. The summed E-state index contributed by atoms with van der Waals surface area (Å²) in [5.74, 6) is 1.96. The van der Waals surface area contributed by atoms with Crippen LogP contribution in [0.2, 0.25) is 0 Å². The minimum atomic E-state index is 0.561. The van der Waals surface area contributed by atoms with Gasteiger partial charge in [-0.1, -0.05) is 40.2 Å². The number of nitrogens with zero attached hydrogens (tertiary/aromatic N) is 4. The van der Waals surface area contributed by atoms with E-state index in [0.29, 0.717) is 6.04 Å². The largest absolute Gasteiger partial charge is 0.364 e. The Labute approximate surface area is 180 Å². The van der Waals surface area contributed by atoms with Crippen molar-refractivity contribution in [1.29, 1.82) is 0 Å². The molecule has 3 aromatic rings. The van der Waals surface area contributed by atoms with Crippen molar-refractivity contribution in [3.63, 3.8) is 0 Å². The van der Waals surface area contributed by atoms with Gasteiger partial charge in [0.05, 0.1) is 11.0 Å². The van der Waals surface area contributed by atoms with Gasteiger partial charge < -0.3 is 10.2 Å². The van der Waals surface area contributed by atoms with E-state index in [-0.39, 0.29) is 0 Å². The number of benzene rings is 2. The molecule has 1 aliphatic heterocycles. The van der Waals surface area contributed by atoms with Gasteiger partial charge in [0.2, 0.25) is 0 Å². The fourth-order valence-electron chi connectivity index (χ4n) is 3.91. The van der Waals surface area contributed by atoms with E-state index < -0.39 is 0 Å². The number of fused-ring (bicyclic) bond motifs is 1. The van der Waals surface area contributed by atoms with Crippen molar-refractivity contribution in [2.24, 2.45) is 0 Å². The zero-order valence-electron chi connectivity index (χ0n) is 16.7. The van der Waals surface area contributed by atoms with Gasteiger partial charge >= 0.3 is 0 Å². The van der Waals surface area contributed by atoms with Gasteiger partial charge in [0.15, 0.2) is 11.6 Å². The number of hydrogen-bond donors (Lipinski definition) is 1. The Bertz CT molecular complexity index is 1020. The van der Waals surface area contributed by atoms with Crippen molar-refractivity contribution in [3.8, 4) is 0 Å². The van der Waals surface area contributed by atoms with Gasteiger partial charge in [-0.15, -0.1) is 0 Å². The third-order valence-electron chi connectivity index (χ3n) is 5.77. The zero-order valence-corrected chi connectivity index (χ0v) is 18.3. The summed E-state index contributed by atoms with van der Waals surface area (Å²) in [7, 11) is 0. The van der Waals surface area contributed by atoms with Crippen molar-refractivity contribution < 1.29 is 0 Å². The number of aryl methyl sites for hydroxylation is 1. The summed E-state index contributed by atoms with van der Waals surface area (Å²) >= 11 is 3.59. The molecule has 2 aromatic carbocycles. The minimum absolute atomic E-state index is 0.561. The molecule has 0 bridgehead atoms. The molecule has 0 unspecified atom stereocenters. The lowest BCUT2D eigenvalue weighted by molar-refractivity contribution is 0.249. The monoisotopic (exact) mass is 451 g/mol. The molecule has 5 rings (SSSR count). The predicted octanol–water partition coefficient (Wildman–Crippen LogP) is 4.60. The maximum atomic E-state index is 4.99. The summed E-state index contributed by atoms with van der Waals surface area (Å²) in [6.45, 7) is 7.17. The molecule has 0 spiro atoms. The van der Waals surface area contributed by atoms with Crippen LogP contribution in [0, 0.1) is 6.92 Å². The average molecular weight is 452 g/mol. The molecule has 0 amide bonds. The van der Waals surface area contributed by atoms with E-state index in [1.807, 2.05) is 18.2 Å². The Kier molecular flexibility index (Phi) is 5.14. The summed E-state index contributed by atoms with van der Waals surface area (Å²) in [6, 6.07) is 15.4. The fourth-order valence-corrected chi connectivity index (χ4v) is 4.16. The quantitative estimate of drug-likeness (QED) is 0.613. The Hall–Kier alpha value is -2.18. The second-order valence-electron chi connectivity index (χ2n) is 8.15. The zero-order chi connectivity index (χ0) is 19.8. The lowest BCUT2D eigenvalue weighted by atomic mass is 10.1. The van der Waals surface area contributed by atoms with Crippen LogP contribution in [0.4, 0.5) is 11.6 Å². The molecular weight excluding hydrogens is 426 g/mol. The van der Waals surface area contributed by atoms with Gasteiger partial charge in [0.25, 0.3) is 0 Å². The van der Waals surface area contributed by atoms with Gasteiger partial charge in [-0.05, 0) is 49.1 Å². The van der Waals surface area contributed by atoms with Crippen LogP contribution in [0.1, 0.15) is 24.0 Å². The topological polar surface area (TPSA) is 44.3 Å². The van der Waals surface area contributed by atoms with Crippen LogP contribution >= 0.6 is 15.9 Å². The smallest absolute Gasteiger partial charge is 0.172 e. The lowest BCUT2D eigenvalue weighted by Gasteiger charge is -2.36. The van der Waals surface area contributed by atoms with E-state index in [1.54, 1.807) is 0 Å². The lowest BCUT2D eigenvalue weighted by Crippen LogP contribution is -2.46. The summed E-state index contributed by atoms with van der Waals surface area (Å²) in [4.78, 5) is 14.8. The third kappa shape index (κ3) is 4.23. The maximum Gasteiger partial charge on any atom is 0.172 e. The molecule has 150 valence electrons. The van der Waals surface area contributed by atoms with Crippen LogP contribution in [0.3, 0.4) is 0 Å². The van der Waals surface area contributed by atoms with Crippen LogP contribution in [0.15, 0.2) is 46.9 Å². The molecule has 1 saturated carbocycles. The molecule has 1 aliphatic carbocycles. The number of piperazine rings is 1. The predicted molar refractivity (Wildman–Crippen MR) is 123 cm³/mol. The number of para-hydroxylation sites is 2. The van der Waals surface area contributed by atoms with E-state index in [2.05, 4.69) is 62.2 Å². The molecule has 2 aliphatic rings. The van der Waals surface area contributed by atoms with Gasteiger partial charge in [0, 0.05) is 43.2 Å². The highest BCUT2D eigenvalue weighted by Crippen LogP contribution is 2.31. The number of anilines is 2. The SMILES string of the molecule is Cc1cc(CN2CCN(c3nc4ccccc4nc3NC3CC3)CC2)ccc1Br. The van der Waals surface area contributed by atoms with Crippen molar-refractivity contribution in [2.45, 2.75) is 32.4 Å². The normalized spacial score (nSPS) is 17.7. The highest BCUT2D eigenvalue weighted by Gasteiger charge is 2.26. The number of nitrogens with one attached hydrogen (secondary N) is 1. The van der Waals surface area contributed by atoms with Crippen LogP contribution in [-0.2, 0) is 6.54 Å². The van der Waals surface area contributed by atoms with Gasteiger partial charge in [0.1, 0.15) is 0 Å². The Balaban J connectivity index is 1.32. The maximum absolute atomic E-state index is 4.99. The van der Waals surface area contributed by atoms with Crippen LogP contribution in [0.25, 0.3) is 11.0 Å². The highest BCUT2D eigenvalue weighted by molar-refractivity contribution is 9.10. The van der Waals surface area contributed by atoms with Crippen molar-refractivity contribution in [3.05, 3.63) is 58.1 Å². The van der Waals surface area contributed by atoms with Crippen LogP contribution < -0.4 is 10.2 Å². The first kappa shape index (κ1) is 18.8. The molecule has 1 aromatic heterocycles. The van der Waals surface area contributed by atoms with Gasteiger partial charge in [-0.2, -0.15) is 0 Å².